The summed E-state index contributed by atoms with van der Waals surface area (Å²) in [5.41, 5.74) is 3.92. The van der Waals surface area contributed by atoms with E-state index in [0.717, 1.165) is 42.6 Å². The lowest BCUT2D eigenvalue weighted by atomic mass is 10.1. The van der Waals surface area contributed by atoms with Crippen molar-refractivity contribution in [3.8, 4) is 17.5 Å². The number of allylic oxidation sites excluding steroid dienone is 1. The first-order chi connectivity index (χ1) is 15.6. The second-order valence-electron chi connectivity index (χ2n) is 7.79. The molecule has 0 unspecified atom stereocenters. The van der Waals surface area contributed by atoms with Crippen molar-refractivity contribution in [2.45, 2.75) is 50.7 Å². The zero-order chi connectivity index (χ0) is 22.5. The number of fused-ring (bicyclic) bond motifs is 1. The molecule has 2 aromatic heterocycles. The van der Waals surface area contributed by atoms with Crippen LogP contribution >= 0.6 is 23.1 Å². The minimum atomic E-state index is -0.145. The van der Waals surface area contributed by atoms with Crippen molar-refractivity contribution >= 4 is 34.0 Å². The van der Waals surface area contributed by atoms with Crippen LogP contribution in [0.15, 0.2) is 42.1 Å². The van der Waals surface area contributed by atoms with E-state index in [2.05, 4.69) is 28.2 Å². The summed E-state index contributed by atoms with van der Waals surface area (Å²) in [4.78, 5) is 14.0. The van der Waals surface area contributed by atoms with E-state index >= 15 is 0 Å². The van der Waals surface area contributed by atoms with Crippen molar-refractivity contribution in [1.29, 1.82) is 5.26 Å². The summed E-state index contributed by atoms with van der Waals surface area (Å²) in [6.45, 7) is 6.44. The fourth-order valence-electron chi connectivity index (χ4n) is 3.85. The molecule has 1 N–H and O–H groups in total. The number of benzene rings is 1. The molecular formula is C24H25N5OS2. The Hall–Kier alpha value is -2.89. The summed E-state index contributed by atoms with van der Waals surface area (Å²) in [7, 11) is 0. The van der Waals surface area contributed by atoms with Gasteiger partial charge in [0, 0.05) is 17.0 Å². The predicted octanol–water partition coefficient (Wildman–Crippen LogP) is 5.37. The molecule has 32 heavy (non-hydrogen) atoms. The molecule has 6 nitrogen and oxygen atoms in total. The summed E-state index contributed by atoms with van der Waals surface area (Å²) in [5.74, 6) is 0.797. The first kappa shape index (κ1) is 22.3. The van der Waals surface area contributed by atoms with Crippen molar-refractivity contribution in [1.82, 2.24) is 14.8 Å². The molecule has 0 bridgehead atoms. The average Bonchev–Trinajstić information content (AvgIpc) is 3.25. The number of aryl methyl sites for hydroxylation is 2. The molecule has 0 atom stereocenters. The summed E-state index contributed by atoms with van der Waals surface area (Å²) >= 11 is 2.89. The maximum atomic E-state index is 12.7. The third kappa shape index (κ3) is 4.79. The van der Waals surface area contributed by atoms with E-state index in [1.807, 2.05) is 35.8 Å². The van der Waals surface area contributed by atoms with Gasteiger partial charge in [-0.05, 0) is 38.2 Å². The van der Waals surface area contributed by atoms with E-state index in [0.29, 0.717) is 22.3 Å². The number of thioether (sulfide) groups is 1. The van der Waals surface area contributed by atoms with Crippen molar-refractivity contribution in [2.24, 2.45) is 0 Å². The lowest BCUT2D eigenvalue weighted by molar-refractivity contribution is -0.113. The smallest absolute Gasteiger partial charge is 0.235 e. The molecule has 1 aromatic carbocycles. The molecule has 8 heteroatoms. The van der Waals surface area contributed by atoms with Crippen LogP contribution in [0.1, 0.15) is 40.8 Å². The topological polar surface area (TPSA) is 83.6 Å². The Morgan fingerprint density at radius 3 is 2.81 bits per heavy atom. The Morgan fingerprint density at radius 1 is 1.28 bits per heavy atom. The first-order valence-electron chi connectivity index (χ1n) is 10.7. The number of amides is 1. The molecule has 4 rings (SSSR count). The maximum absolute atomic E-state index is 12.7. The van der Waals surface area contributed by atoms with Crippen LogP contribution in [-0.2, 0) is 24.2 Å². The van der Waals surface area contributed by atoms with E-state index in [1.54, 1.807) is 17.4 Å². The summed E-state index contributed by atoms with van der Waals surface area (Å²) in [6, 6.07) is 10.4. The second-order valence-corrected chi connectivity index (χ2v) is 9.84. The fourth-order valence-corrected chi connectivity index (χ4v) is 5.85. The fraction of sp³-hybridized carbons (Fsp3) is 0.333. The van der Waals surface area contributed by atoms with Gasteiger partial charge in [0.05, 0.1) is 11.3 Å². The van der Waals surface area contributed by atoms with Gasteiger partial charge < -0.3 is 5.32 Å². The molecule has 164 valence electrons. The molecule has 0 saturated heterocycles. The summed E-state index contributed by atoms with van der Waals surface area (Å²) in [5, 5.41) is 22.6. The molecule has 2 heterocycles. The normalized spacial score (nSPS) is 13.1. The van der Waals surface area contributed by atoms with Crippen LogP contribution in [0.5, 0.6) is 0 Å². The largest absolute Gasteiger partial charge is 0.316 e. The van der Waals surface area contributed by atoms with Gasteiger partial charge in [-0.3, -0.25) is 9.36 Å². The van der Waals surface area contributed by atoms with Crippen LogP contribution in [0.3, 0.4) is 0 Å². The number of aromatic nitrogens is 3. The van der Waals surface area contributed by atoms with Crippen LogP contribution in [0.4, 0.5) is 5.00 Å². The highest BCUT2D eigenvalue weighted by Gasteiger charge is 2.21. The minimum Gasteiger partial charge on any atom is -0.316 e. The molecular weight excluding hydrogens is 438 g/mol. The maximum Gasteiger partial charge on any atom is 0.235 e. The Labute approximate surface area is 196 Å². The molecule has 1 aliphatic rings. The van der Waals surface area contributed by atoms with E-state index in [-0.39, 0.29) is 11.7 Å². The van der Waals surface area contributed by atoms with Crippen molar-refractivity contribution < 1.29 is 4.79 Å². The van der Waals surface area contributed by atoms with Crippen molar-refractivity contribution in [3.63, 3.8) is 0 Å². The molecule has 3 aromatic rings. The Morgan fingerprint density at radius 2 is 2.06 bits per heavy atom. The van der Waals surface area contributed by atoms with Gasteiger partial charge in [0.25, 0.3) is 0 Å². The number of carbonyl (C=O) groups excluding carboxylic acids is 1. The molecule has 0 fully saturated rings. The van der Waals surface area contributed by atoms with E-state index in [4.69, 9.17) is 0 Å². The van der Waals surface area contributed by atoms with Gasteiger partial charge in [-0.2, -0.15) is 5.26 Å². The average molecular weight is 464 g/mol. The molecule has 0 spiro atoms. The van der Waals surface area contributed by atoms with Crippen LogP contribution in [0.2, 0.25) is 0 Å². The second kappa shape index (κ2) is 10.2. The number of hydrogen-bond acceptors (Lipinski definition) is 6. The van der Waals surface area contributed by atoms with Crippen molar-refractivity contribution in [2.75, 3.05) is 11.1 Å². The van der Waals surface area contributed by atoms with E-state index in [9.17, 15) is 10.1 Å². The lowest BCUT2D eigenvalue weighted by Gasteiger charge is -2.08. The number of nitrogens with one attached hydrogen (secondary N) is 1. The Kier molecular flexibility index (Phi) is 7.08. The molecule has 1 amide bonds. The number of nitriles is 1. The standard InChI is InChI=1S/C24H25N5OS2/c1-3-13-29-22(17-11-9-16(2)10-12-17)27-28-24(29)31-15-21(30)26-23-19(14-25)18-7-5-4-6-8-20(18)32-23/h3,9-12H,1,4-8,13,15H2,2H3,(H,26,30). The highest BCUT2D eigenvalue weighted by atomic mass is 32.2. The quantitative estimate of drug-likeness (QED) is 0.289. The SMILES string of the molecule is C=CCn1c(SCC(=O)Nc2sc3c(c2C#N)CCCCC3)nnc1-c1ccc(C)cc1. The van der Waals surface area contributed by atoms with Gasteiger partial charge in [-0.1, -0.05) is 54.1 Å². The molecule has 1 aliphatic carbocycles. The van der Waals surface area contributed by atoms with Crippen molar-refractivity contribution in [3.05, 3.63) is 58.5 Å². The highest BCUT2D eigenvalue weighted by Crippen LogP contribution is 2.37. The molecule has 0 aliphatic heterocycles. The van der Waals surface area contributed by atoms with E-state index < -0.39 is 0 Å². The number of anilines is 1. The lowest BCUT2D eigenvalue weighted by Crippen LogP contribution is -2.14. The summed E-state index contributed by atoms with van der Waals surface area (Å²) in [6.07, 6.45) is 7.15. The number of thiophene rings is 1. The highest BCUT2D eigenvalue weighted by molar-refractivity contribution is 7.99. The van der Waals surface area contributed by atoms with Gasteiger partial charge in [0.15, 0.2) is 11.0 Å². The molecule has 0 saturated carbocycles. The molecule has 0 radical (unpaired) electrons. The number of rotatable bonds is 7. The van der Waals surface area contributed by atoms with Crippen LogP contribution in [0.25, 0.3) is 11.4 Å². The van der Waals surface area contributed by atoms with E-state index in [1.165, 1.54) is 28.6 Å². The Balaban J connectivity index is 1.47. The van der Waals surface area contributed by atoms with Crippen LogP contribution in [0, 0.1) is 18.3 Å². The zero-order valence-corrected chi connectivity index (χ0v) is 19.7. The zero-order valence-electron chi connectivity index (χ0n) is 18.1. The summed E-state index contributed by atoms with van der Waals surface area (Å²) < 4.78 is 1.96. The van der Waals surface area contributed by atoms with Gasteiger partial charge in [-0.25, -0.2) is 0 Å². The number of carbonyl (C=O) groups is 1. The number of hydrogen-bond donors (Lipinski definition) is 1. The third-order valence-corrected chi connectivity index (χ3v) is 7.63. The van der Waals surface area contributed by atoms with Gasteiger partial charge in [0.1, 0.15) is 11.1 Å². The first-order valence-corrected chi connectivity index (χ1v) is 12.5. The van der Waals surface area contributed by atoms with Gasteiger partial charge >= 0.3 is 0 Å². The monoisotopic (exact) mass is 463 g/mol. The van der Waals surface area contributed by atoms with Gasteiger partial charge in [0.2, 0.25) is 5.91 Å². The Bertz CT molecular complexity index is 1170. The van der Waals surface area contributed by atoms with Crippen LogP contribution < -0.4 is 5.32 Å². The van der Waals surface area contributed by atoms with Crippen LogP contribution in [-0.4, -0.2) is 26.4 Å². The predicted molar refractivity (Wildman–Crippen MR) is 130 cm³/mol. The third-order valence-electron chi connectivity index (χ3n) is 5.46. The minimum absolute atomic E-state index is 0.145. The number of nitrogens with zero attached hydrogens (tertiary/aromatic N) is 4. The van der Waals surface area contributed by atoms with Gasteiger partial charge in [-0.15, -0.1) is 28.1 Å².